The number of nitrogens with zero attached hydrogens (tertiary/aromatic N) is 5. The van der Waals surface area contributed by atoms with Crippen molar-refractivity contribution < 1.29 is 22.5 Å². The predicted octanol–water partition coefficient (Wildman–Crippen LogP) is 4.01. The molecule has 1 unspecified atom stereocenters. The number of carbonyl (C=O) groups excluding carboxylic acids is 1. The lowest BCUT2D eigenvalue weighted by Crippen LogP contribution is -2.37. The monoisotopic (exact) mass is 476 g/mol. The number of aromatic nitrogens is 4. The van der Waals surface area contributed by atoms with Crippen LogP contribution in [0.1, 0.15) is 61.1 Å². The molecule has 0 bridgehead atoms. The number of amides is 1. The normalized spacial score (nSPS) is 15.6. The Balaban J connectivity index is 1.80. The summed E-state index contributed by atoms with van der Waals surface area (Å²) in [6.07, 6.45) is 0.713. The summed E-state index contributed by atoms with van der Waals surface area (Å²) >= 11 is 0. The van der Waals surface area contributed by atoms with Crippen molar-refractivity contribution in [2.24, 2.45) is 5.41 Å². The van der Waals surface area contributed by atoms with Gasteiger partial charge in [-0.2, -0.15) is 4.98 Å². The van der Waals surface area contributed by atoms with Crippen molar-refractivity contribution in [1.82, 2.24) is 29.9 Å². The van der Waals surface area contributed by atoms with Crippen molar-refractivity contribution in [2.45, 2.75) is 53.2 Å². The lowest BCUT2D eigenvalue weighted by molar-refractivity contribution is 0.0874. The number of nitrogens with one attached hydrogen (secondary N) is 1. The van der Waals surface area contributed by atoms with Crippen molar-refractivity contribution in [2.75, 3.05) is 13.6 Å². The van der Waals surface area contributed by atoms with Crippen LogP contribution in [-0.2, 0) is 13.1 Å². The van der Waals surface area contributed by atoms with E-state index in [4.69, 9.17) is 4.52 Å². The highest BCUT2D eigenvalue weighted by atomic mass is 19.2. The molecule has 0 radical (unpaired) electrons. The zero-order chi connectivity index (χ0) is 24.8. The molecule has 1 N–H and O–H groups in total. The van der Waals surface area contributed by atoms with Crippen molar-refractivity contribution in [3.63, 3.8) is 0 Å². The third kappa shape index (κ3) is 4.56. The van der Waals surface area contributed by atoms with Gasteiger partial charge in [-0.3, -0.25) is 4.79 Å². The van der Waals surface area contributed by atoms with Gasteiger partial charge in [0.25, 0.3) is 5.91 Å². The fraction of sp³-hybridized carbons (Fsp3) is 0.478. The molecule has 2 aromatic heterocycles. The van der Waals surface area contributed by atoms with E-state index in [-0.39, 0.29) is 23.0 Å². The van der Waals surface area contributed by atoms with Crippen LogP contribution < -0.4 is 5.32 Å². The third-order valence-electron chi connectivity index (χ3n) is 5.81. The third-order valence-corrected chi connectivity index (χ3v) is 5.81. The number of hydrogen-bond donors (Lipinski definition) is 1. The molecule has 1 aliphatic rings. The molecule has 34 heavy (non-hydrogen) atoms. The van der Waals surface area contributed by atoms with E-state index < -0.39 is 34.8 Å². The molecule has 8 nitrogen and oxygen atoms in total. The molecule has 182 valence electrons. The van der Waals surface area contributed by atoms with Crippen molar-refractivity contribution in [3.8, 4) is 11.4 Å². The number of aryl methyl sites for hydroxylation is 1. The molecule has 1 amide bonds. The van der Waals surface area contributed by atoms with E-state index in [0.717, 1.165) is 12.6 Å². The van der Waals surface area contributed by atoms with E-state index in [1.54, 1.807) is 11.5 Å². The van der Waals surface area contributed by atoms with E-state index in [0.29, 0.717) is 37.1 Å². The summed E-state index contributed by atoms with van der Waals surface area (Å²) < 4.78 is 49.2. The van der Waals surface area contributed by atoms with E-state index in [1.807, 2.05) is 32.7 Å². The van der Waals surface area contributed by atoms with Gasteiger partial charge in [-0.05, 0) is 38.4 Å². The highest BCUT2D eigenvalue weighted by Crippen LogP contribution is 2.33. The Labute approximate surface area is 195 Å². The summed E-state index contributed by atoms with van der Waals surface area (Å²) in [7, 11) is 1.90. The first kappa shape index (κ1) is 23.9. The standard InChI is InChI=1S/C23H27F3N6O2/c1-12-27-22(34-30-12)19(23(2,3)4)29-21(33)18-17-11-31(5)7-6-8-32(17)20(28-18)13-9-15(25)16(26)10-14(13)24/h9-10,19H,6-8,11H2,1-5H3,(H,29,33). The van der Waals surface area contributed by atoms with E-state index in [1.165, 1.54) is 0 Å². The van der Waals surface area contributed by atoms with Gasteiger partial charge in [0.1, 0.15) is 17.7 Å². The Morgan fingerprint density at radius 1 is 1.12 bits per heavy atom. The predicted molar refractivity (Wildman–Crippen MR) is 117 cm³/mol. The molecule has 0 spiro atoms. The van der Waals surface area contributed by atoms with Gasteiger partial charge >= 0.3 is 0 Å². The van der Waals surface area contributed by atoms with Crippen LogP contribution in [0.25, 0.3) is 11.4 Å². The summed E-state index contributed by atoms with van der Waals surface area (Å²) in [5.41, 5.74) is -0.0371. The van der Waals surface area contributed by atoms with Crippen LogP contribution in [0, 0.1) is 29.8 Å². The smallest absolute Gasteiger partial charge is 0.272 e. The highest BCUT2D eigenvalue weighted by molar-refractivity contribution is 5.94. The van der Waals surface area contributed by atoms with Crippen molar-refractivity contribution in [3.05, 3.63) is 52.7 Å². The summed E-state index contributed by atoms with van der Waals surface area (Å²) in [6.45, 7) is 9.00. The molecular formula is C23H27F3N6O2. The molecule has 3 aromatic rings. The first-order valence-corrected chi connectivity index (χ1v) is 11.0. The van der Waals surface area contributed by atoms with Crippen LogP contribution in [0.15, 0.2) is 16.7 Å². The van der Waals surface area contributed by atoms with Gasteiger partial charge in [0.2, 0.25) is 5.89 Å². The molecule has 0 saturated carbocycles. The number of fused-ring (bicyclic) bond motifs is 1. The molecule has 0 aliphatic carbocycles. The van der Waals surface area contributed by atoms with Gasteiger partial charge in [-0.1, -0.05) is 25.9 Å². The number of hydrogen-bond acceptors (Lipinski definition) is 6. The second kappa shape index (κ2) is 8.86. The summed E-state index contributed by atoms with van der Waals surface area (Å²) in [5, 5.41) is 6.75. The zero-order valence-electron chi connectivity index (χ0n) is 19.7. The highest BCUT2D eigenvalue weighted by Gasteiger charge is 2.35. The molecule has 0 saturated heterocycles. The molecule has 1 atom stereocenters. The van der Waals surface area contributed by atoms with Crippen LogP contribution in [0.3, 0.4) is 0 Å². The van der Waals surface area contributed by atoms with Crippen LogP contribution in [-0.4, -0.2) is 44.1 Å². The number of carbonyl (C=O) groups is 1. The lowest BCUT2D eigenvalue weighted by Gasteiger charge is -2.28. The first-order chi connectivity index (χ1) is 16.0. The first-order valence-electron chi connectivity index (χ1n) is 11.0. The minimum absolute atomic E-state index is 0.0767. The molecule has 1 aromatic carbocycles. The number of halogens is 3. The maximum Gasteiger partial charge on any atom is 0.272 e. The molecular weight excluding hydrogens is 449 g/mol. The fourth-order valence-electron chi connectivity index (χ4n) is 4.08. The number of imidazole rings is 1. The van der Waals surface area contributed by atoms with E-state index >= 15 is 0 Å². The SMILES string of the molecule is Cc1noc(C(NC(=O)c2nc(-c3cc(F)c(F)cc3F)n3c2CN(C)CCC3)C(C)(C)C)n1. The second-order valence-electron chi connectivity index (χ2n) is 9.67. The number of benzene rings is 1. The van der Waals surface area contributed by atoms with Crippen molar-refractivity contribution in [1.29, 1.82) is 0 Å². The van der Waals surface area contributed by atoms with E-state index in [9.17, 15) is 18.0 Å². The Morgan fingerprint density at radius 2 is 1.82 bits per heavy atom. The Morgan fingerprint density at radius 3 is 2.47 bits per heavy atom. The van der Waals surface area contributed by atoms with Gasteiger partial charge in [-0.15, -0.1) is 0 Å². The Hall–Kier alpha value is -3.21. The van der Waals surface area contributed by atoms with Crippen LogP contribution in [0.5, 0.6) is 0 Å². The van der Waals surface area contributed by atoms with Gasteiger partial charge in [0, 0.05) is 19.2 Å². The van der Waals surface area contributed by atoms with Crippen LogP contribution in [0.2, 0.25) is 0 Å². The van der Waals surface area contributed by atoms with Gasteiger partial charge in [-0.25, -0.2) is 18.2 Å². The van der Waals surface area contributed by atoms with Gasteiger partial charge < -0.3 is 19.3 Å². The number of rotatable bonds is 4. The Kier molecular flexibility index (Phi) is 6.24. The summed E-state index contributed by atoms with van der Waals surface area (Å²) in [4.78, 5) is 24.2. The Bertz CT molecular complexity index is 1230. The minimum atomic E-state index is -1.29. The fourth-order valence-corrected chi connectivity index (χ4v) is 4.08. The van der Waals surface area contributed by atoms with Gasteiger partial charge in [0.05, 0.1) is 11.3 Å². The topological polar surface area (TPSA) is 89.1 Å². The maximum atomic E-state index is 14.7. The maximum absolute atomic E-state index is 14.7. The minimum Gasteiger partial charge on any atom is -0.338 e. The van der Waals surface area contributed by atoms with Crippen LogP contribution >= 0.6 is 0 Å². The zero-order valence-corrected chi connectivity index (χ0v) is 19.7. The average molecular weight is 477 g/mol. The van der Waals surface area contributed by atoms with Gasteiger partial charge in [0.15, 0.2) is 23.2 Å². The lowest BCUT2D eigenvalue weighted by atomic mass is 9.86. The molecule has 0 fully saturated rings. The quantitative estimate of drug-likeness (QED) is 0.573. The molecule has 3 heterocycles. The van der Waals surface area contributed by atoms with Crippen LogP contribution in [0.4, 0.5) is 13.2 Å². The summed E-state index contributed by atoms with van der Waals surface area (Å²) in [5.74, 6) is -3.17. The van der Waals surface area contributed by atoms with E-state index in [2.05, 4.69) is 20.4 Å². The summed E-state index contributed by atoms with van der Waals surface area (Å²) in [6, 6.07) is 0.642. The molecule has 4 rings (SSSR count). The second-order valence-corrected chi connectivity index (χ2v) is 9.67. The largest absolute Gasteiger partial charge is 0.338 e. The molecule has 11 heteroatoms. The van der Waals surface area contributed by atoms with Crippen molar-refractivity contribution >= 4 is 5.91 Å². The molecule has 1 aliphatic heterocycles. The average Bonchev–Trinajstić information content (AvgIpc) is 3.26.